The molecule has 4 amide bonds. The van der Waals surface area contributed by atoms with Gasteiger partial charge in [-0.2, -0.15) is 0 Å². The van der Waals surface area contributed by atoms with Gasteiger partial charge in [0, 0.05) is 48.4 Å². The summed E-state index contributed by atoms with van der Waals surface area (Å²) in [5, 5.41) is 8.48. The SMILES string of the molecule is COc1cccc2c1OCC(C(=O)NCCNc1cccc3c1CN(C1CCC(=O)NC1=O)C3=O)=C2. The number of nitrogens with one attached hydrogen (secondary N) is 3. The Morgan fingerprint density at radius 2 is 2.00 bits per heavy atom. The van der Waals surface area contributed by atoms with Gasteiger partial charge in [0.05, 0.1) is 12.7 Å². The number of rotatable bonds is 7. The van der Waals surface area contributed by atoms with E-state index >= 15 is 0 Å². The number of imide groups is 1. The van der Waals surface area contributed by atoms with Crippen LogP contribution in [0.5, 0.6) is 11.5 Å². The fraction of sp³-hybridized carbons (Fsp3) is 0.308. The van der Waals surface area contributed by atoms with Crippen LogP contribution < -0.4 is 25.4 Å². The highest BCUT2D eigenvalue weighted by Gasteiger charge is 2.39. The third-order valence-corrected chi connectivity index (χ3v) is 6.53. The molecule has 3 heterocycles. The average molecular weight is 491 g/mol. The maximum absolute atomic E-state index is 12.9. The Bertz CT molecular complexity index is 1290. The van der Waals surface area contributed by atoms with Crippen molar-refractivity contribution in [3.63, 3.8) is 0 Å². The van der Waals surface area contributed by atoms with Crippen LogP contribution in [0.2, 0.25) is 0 Å². The molecule has 0 aromatic heterocycles. The number of hydrogen-bond acceptors (Lipinski definition) is 7. The van der Waals surface area contributed by atoms with E-state index in [0.29, 0.717) is 42.1 Å². The van der Waals surface area contributed by atoms with Crippen molar-refractivity contribution in [2.24, 2.45) is 0 Å². The van der Waals surface area contributed by atoms with E-state index in [-0.39, 0.29) is 37.3 Å². The summed E-state index contributed by atoms with van der Waals surface area (Å²) < 4.78 is 11.0. The summed E-state index contributed by atoms with van der Waals surface area (Å²) in [7, 11) is 1.57. The van der Waals surface area contributed by atoms with E-state index in [1.165, 1.54) is 4.90 Å². The quantitative estimate of drug-likeness (QED) is 0.396. The van der Waals surface area contributed by atoms with Crippen LogP contribution >= 0.6 is 0 Å². The fourth-order valence-corrected chi connectivity index (χ4v) is 4.71. The van der Waals surface area contributed by atoms with Crippen molar-refractivity contribution >= 4 is 35.4 Å². The van der Waals surface area contributed by atoms with Crippen molar-refractivity contribution in [1.82, 2.24) is 15.5 Å². The number of piperidine rings is 1. The van der Waals surface area contributed by atoms with Crippen LogP contribution in [-0.4, -0.2) is 61.4 Å². The molecule has 2 aromatic carbocycles. The van der Waals surface area contributed by atoms with Crippen molar-refractivity contribution in [1.29, 1.82) is 0 Å². The first-order valence-electron chi connectivity index (χ1n) is 11.7. The molecule has 0 saturated carbocycles. The summed E-state index contributed by atoms with van der Waals surface area (Å²) in [6.07, 6.45) is 2.32. The van der Waals surface area contributed by atoms with Gasteiger partial charge in [0.15, 0.2) is 11.5 Å². The average Bonchev–Trinajstić information content (AvgIpc) is 3.22. The molecule has 0 bridgehead atoms. The van der Waals surface area contributed by atoms with Gasteiger partial charge in [-0.3, -0.25) is 24.5 Å². The summed E-state index contributed by atoms with van der Waals surface area (Å²) in [4.78, 5) is 50.9. The highest BCUT2D eigenvalue weighted by molar-refractivity contribution is 6.06. The predicted octanol–water partition coefficient (Wildman–Crippen LogP) is 1.46. The summed E-state index contributed by atoms with van der Waals surface area (Å²) in [5.41, 5.74) is 3.40. The zero-order valence-electron chi connectivity index (χ0n) is 19.8. The Morgan fingerprint density at radius 3 is 2.81 bits per heavy atom. The number of methoxy groups -OCH3 is 1. The van der Waals surface area contributed by atoms with Crippen molar-refractivity contribution in [3.05, 3.63) is 58.7 Å². The first-order valence-corrected chi connectivity index (χ1v) is 11.7. The molecule has 5 rings (SSSR count). The zero-order valence-corrected chi connectivity index (χ0v) is 19.8. The number of nitrogens with zero attached hydrogens (tertiary/aromatic N) is 1. The number of para-hydroxylation sites is 1. The first-order chi connectivity index (χ1) is 17.5. The van der Waals surface area contributed by atoms with E-state index in [2.05, 4.69) is 16.0 Å². The smallest absolute Gasteiger partial charge is 0.255 e. The molecule has 186 valence electrons. The topological polar surface area (TPSA) is 126 Å². The number of amides is 4. The zero-order chi connectivity index (χ0) is 25.2. The Hall–Kier alpha value is -4.34. The Labute approximate surface area is 207 Å². The van der Waals surface area contributed by atoms with Crippen LogP contribution in [0, 0.1) is 0 Å². The number of fused-ring (bicyclic) bond motifs is 2. The minimum atomic E-state index is -0.661. The van der Waals surface area contributed by atoms with Gasteiger partial charge >= 0.3 is 0 Å². The maximum atomic E-state index is 12.9. The van der Waals surface area contributed by atoms with Gasteiger partial charge in [-0.25, -0.2) is 0 Å². The minimum absolute atomic E-state index is 0.150. The highest BCUT2D eigenvalue weighted by Crippen LogP contribution is 2.35. The Morgan fingerprint density at radius 1 is 1.17 bits per heavy atom. The molecular weight excluding hydrogens is 464 g/mol. The van der Waals surface area contributed by atoms with Crippen LogP contribution in [0.1, 0.15) is 34.3 Å². The van der Waals surface area contributed by atoms with Crippen LogP contribution in [0.15, 0.2) is 42.0 Å². The Kier molecular flexibility index (Phi) is 6.32. The van der Waals surface area contributed by atoms with Crippen molar-refractivity contribution in [2.45, 2.75) is 25.4 Å². The van der Waals surface area contributed by atoms with E-state index in [4.69, 9.17) is 9.47 Å². The van der Waals surface area contributed by atoms with E-state index in [9.17, 15) is 19.2 Å². The standard InChI is InChI=1S/C26H26N4O6/c1-35-21-7-2-4-15-12-16(14-36-23(15)21)24(32)28-11-10-27-19-6-3-5-17-18(19)13-30(26(17)34)20-8-9-22(31)29-25(20)33/h2-7,12,20,27H,8-11,13-14H2,1H3,(H,28,32)(H,29,31,33). The maximum Gasteiger partial charge on any atom is 0.255 e. The number of carbonyl (C=O) groups is 4. The molecule has 36 heavy (non-hydrogen) atoms. The van der Waals surface area contributed by atoms with Gasteiger partial charge in [-0.05, 0) is 30.7 Å². The van der Waals surface area contributed by atoms with Crippen LogP contribution in [-0.2, 0) is 20.9 Å². The van der Waals surface area contributed by atoms with Gasteiger partial charge in [-0.15, -0.1) is 0 Å². The molecular formula is C26H26N4O6. The number of carbonyl (C=O) groups excluding carboxylic acids is 4. The van der Waals surface area contributed by atoms with Gasteiger partial charge in [0.25, 0.3) is 11.8 Å². The van der Waals surface area contributed by atoms with E-state index in [0.717, 1.165) is 16.8 Å². The summed E-state index contributed by atoms with van der Waals surface area (Å²) in [6, 6.07) is 10.2. The molecule has 3 aliphatic rings. The second-order valence-electron chi connectivity index (χ2n) is 8.75. The second kappa shape index (κ2) is 9.73. The molecule has 2 aromatic rings. The monoisotopic (exact) mass is 490 g/mol. The lowest BCUT2D eigenvalue weighted by Gasteiger charge is -2.29. The van der Waals surface area contributed by atoms with Gasteiger partial charge in [0.1, 0.15) is 12.6 Å². The normalized spacial score (nSPS) is 18.5. The molecule has 1 atom stereocenters. The van der Waals surface area contributed by atoms with Crippen molar-refractivity contribution in [3.8, 4) is 11.5 Å². The molecule has 0 aliphatic carbocycles. The predicted molar refractivity (Wildman–Crippen MR) is 130 cm³/mol. The van der Waals surface area contributed by atoms with Crippen LogP contribution in [0.4, 0.5) is 5.69 Å². The lowest BCUT2D eigenvalue weighted by molar-refractivity contribution is -0.137. The summed E-state index contributed by atoms with van der Waals surface area (Å²) >= 11 is 0. The fourth-order valence-electron chi connectivity index (χ4n) is 4.71. The van der Waals surface area contributed by atoms with Gasteiger partial charge < -0.3 is 25.0 Å². The van der Waals surface area contributed by atoms with Crippen molar-refractivity contribution < 1.29 is 28.7 Å². The third kappa shape index (κ3) is 4.37. The molecule has 1 saturated heterocycles. The van der Waals surface area contributed by atoms with Crippen molar-refractivity contribution in [2.75, 3.05) is 32.1 Å². The molecule has 0 spiro atoms. The van der Waals surface area contributed by atoms with E-state index in [1.54, 1.807) is 31.4 Å². The number of hydrogen-bond donors (Lipinski definition) is 3. The highest BCUT2D eigenvalue weighted by atomic mass is 16.5. The largest absolute Gasteiger partial charge is 0.493 e. The molecule has 1 fully saturated rings. The van der Waals surface area contributed by atoms with Crippen LogP contribution in [0.25, 0.3) is 6.08 Å². The van der Waals surface area contributed by atoms with Gasteiger partial charge in [0.2, 0.25) is 11.8 Å². The number of benzene rings is 2. The molecule has 1 unspecified atom stereocenters. The van der Waals surface area contributed by atoms with Gasteiger partial charge in [-0.1, -0.05) is 18.2 Å². The summed E-state index contributed by atoms with van der Waals surface area (Å²) in [6.45, 7) is 1.23. The first kappa shape index (κ1) is 23.4. The molecule has 10 nitrogen and oxygen atoms in total. The van der Waals surface area contributed by atoms with Crippen LogP contribution in [0.3, 0.4) is 0 Å². The molecule has 10 heteroatoms. The Balaban J connectivity index is 1.18. The molecule has 3 aliphatic heterocycles. The number of ether oxygens (including phenoxy) is 2. The summed E-state index contributed by atoms with van der Waals surface area (Å²) in [5.74, 6) is 0.0471. The minimum Gasteiger partial charge on any atom is -0.493 e. The lowest BCUT2D eigenvalue weighted by atomic mass is 10.0. The second-order valence-corrected chi connectivity index (χ2v) is 8.75. The lowest BCUT2D eigenvalue weighted by Crippen LogP contribution is -2.52. The number of anilines is 1. The molecule has 3 N–H and O–H groups in total. The van der Waals surface area contributed by atoms with E-state index < -0.39 is 11.9 Å². The van der Waals surface area contributed by atoms with E-state index in [1.807, 2.05) is 18.2 Å². The molecule has 0 radical (unpaired) electrons. The third-order valence-electron chi connectivity index (χ3n) is 6.53.